The number of aryl methyl sites for hydroxylation is 2. The van der Waals surface area contributed by atoms with Crippen molar-refractivity contribution in [3.05, 3.63) is 93.9 Å². The number of aromatic nitrogens is 3. The molecule has 35 heavy (non-hydrogen) atoms. The molecule has 178 valence electrons. The van der Waals surface area contributed by atoms with Crippen molar-refractivity contribution < 1.29 is 4.79 Å². The number of nitrogens with one attached hydrogen (secondary N) is 1. The summed E-state index contributed by atoms with van der Waals surface area (Å²) in [5.41, 5.74) is 5.03. The summed E-state index contributed by atoms with van der Waals surface area (Å²) in [4.78, 5) is 39.3. The smallest absolute Gasteiger partial charge is 0.321 e. The van der Waals surface area contributed by atoms with Gasteiger partial charge in [-0.1, -0.05) is 42.5 Å². The number of carbonyl (C=O) groups excluding carboxylic acids is 1. The second kappa shape index (κ2) is 9.58. The number of carbonyl (C=O) groups is 1. The van der Waals surface area contributed by atoms with E-state index in [-0.39, 0.29) is 11.6 Å². The second-order valence-electron chi connectivity index (χ2n) is 8.88. The van der Waals surface area contributed by atoms with Gasteiger partial charge in [0, 0.05) is 38.1 Å². The van der Waals surface area contributed by atoms with Gasteiger partial charge < -0.3 is 15.1 Å². The lowest BCUT2D eigenvalue weighted by Gasteiger charge is -2.35. The summed E-state index contributed by atoms with van der Waals surface area (Å²) in [5, 5.41) is 3.03. The zero-order valence-electron chi connectivity index (χ0n) is 19.9. The van der Waals surface area contributed by atoms with Crippen molar-refractivity contribution in [2.24, 2.45) is 0 Å². The minimum atomic E-state index is -0.173. The molecule has 1 saturated heterocycles. The Morgan fingerprint density at radius 1 is 0.971 bits per heavy atom. The van der Waals surface area contributed by atoms with Crippen LogP contribution < -0.4 is 15.8 Å². The molecule has 2 aromatic heterocycles. The van der Waals surface area contributed by atoms with Gasteiger partial charge >= 0.3 is 6.03 Å². The van der Waals surface area contributed by atoms with Crippen LogP contribution in [0.1, 0.15) is 16.7 Å². The van der Waals surface area contributed by atoms with Crippen LogP contribution in [0.5, 0.6) is 0 Å². The zero-order valence-corrected chi connectivity index (χ0v) is 19.9. The lowest BCUT2D eigenvalue weighted by molar-refractivity contribution is 0.208. The Hall–Kier alpha value is -4.20. The lowest BCUT2D eigenvalue weighted by Crippen LogP contribution is -2.51. The van der Waals surface area contributed by atoms with Crippen LogP contribution in [-0.2, 0) is 6.54 Å². The van der Waals surface area contributed by atoms with E-state index in [2.05, 4.69) is 15.3 Å². The topological polar surface area (TPSA) is 83.4 Å². The van der Waals surface area contributed by atoms with Crippen LogP contribution in [0.3, 0.4) is 0 Å². The summed E-state index contributed by atoms with van der Waals surface area (Å²) in [6.07, 6.45) is 1.68. The van der Waals surface area contributed by atoms with Gasteiger partial charge in [-0.15, -0.1) is 0 Å². The van der Waals surface area contributed by atoms with Crippen molar-refractivity contribution >= 4 is 28.7 Å². The second-order valence-corrected chi connectivity index (χ2v) is 8.88. The predicted octanol–water partition coefficient (Wildman–Crippen LogP) is 3.81. The van der Waals surface area contributed by atoms with Gasteiger partial charge in [-0.05, 0) is 48.7 Å². The molecule has 0 unspecified atom stereocenters. The van der Waals surface area contributed by atoms with E-state index >= 15 is 0 Å². The lowest BCUT2D eigenvalue weighted by atomic mass is 10.1. The van der Waals surface area contributed by atoms with Gasteiger partial charge in [0.25, 0.3) is 5.56 Å². The molecule has 8 heteroatoms. The molecule has 8 nitrogen and oxygen atoms in total. The third-order valence-electron chi connectivity index (χ3n) is 6.37. The zero-order chi connectivity index (χ0) is 24.4. The number of hydrogen-bond acceptors (Lipinski definition) is 5. The summed E-state index contributed by atoms with van der Waals surface area (Å²) < 4.78 is 1.69. The molecule has 1 aliphatic heterocycles. The van der Waals surface area contributed by atoms with Gasteiger partial charge in [0.2, 0.25) is 0 Å². The summed E-state index contributed by atoms with van der Waals surface area (Å²) in [6.45, 7) is 6.46. The van der Waals surface area contributed by atoms with Crippen molar-refractivity contribution in [1.82, 2.24) is 19.4 Å². The van der Waals surface area contributed by atoms with Gasteiger partial charge in [-0.2, -0.15) is 0 Å². The molecule has 2 amide bonds. The first-order valence-electron chi connectivity index (χ1n) is 11.8. The van der Waals surface area contributed by atoms with E-state index in [4.69, 9.17) is 0 Å². The van der Waals surface area contributed by atoms with Crippen molar-refractivity contribution in [2.75, 3.05) is 36.4 Å². The highest BCUT2D eigenvalue weighted by Crippen LogP contribution is 2.19. The average Bonchev–Trinajstić information content (AvgIpc) is 2.88. The Bertz CT molecular complexity index is 1430. The fraction of sp³-hybridized carbons (Fsp3) is 0.259. The van der Waals surface area contributed by atoms with E-state index in [1.807, 2.05) is 79.4 Å². The number of urea groups is 1. The maximum atomic E-state index is 13.5. The highest BCUT2D eigenvalue weighted by atomic mass is 16.2. The molecule has 2 aromatic carbocycles. The normalized spacial score (nSPS) is 13.8. The number of anilines is 2. The number of nitrogens with zero attached hydrogens (tertiary/aromatic N) is 5. The molecule has 0 saturated carbocycles. The van der Waals surface area contributed by atoms with E-state index in [0.717, 1.165) is 22.4 Å². The Morgan fingerprint density at radius 3 is 2.51 bits per heavy atom. The number of rotatable bonds is 4. The molecule has 5 rings (SSSR count). The van der Waals surface area contributed by atoms with E-state index in [1.165, 1.54) is 0 Å². The van der Waals surface area contributed by atoms with Crippen LogP contribution in [0.4, 0.5) is 16.3 Å². The summed E-state index contributed by atoms with van der Waals surface area (Å²) in [6, 6.07) is 19.4. The number of benzene rings is 2. The first kappa shape index (κ1) is 22.6. The number of pyridine rings is 1. The minimum absolute atomic E-state index is 0.129. The Kier molecular flexibility index (Phi) is 6.18. The standard InChI is InChI=1S/C27H28N6O2/c1-19-10-11-20(2)23(17-19)30-27(35)32-15-13-31(14-16-32)25-26(34)33(18-21-7-4-3-5-8-21)24-22(29-25)9-6-12-28-24/h3-12,17H,13-16,18H2,1-2H3,(H,30,35). The van der Waals surface area contributed by atoms with Crippen LogP contribution in [-0.4, -0.2) is 51.6 Å². The first-order valence-corrected chi connectivity index (χ1v) is 11.8. The quantitative estimate of drug-likeness (QED) is 0.493. The van der Waals surface area contributed by atoms with Crippen LogP contribution in [0.2, 0.25) is 0 Å². The molecule has 3 heterocycles. The van der Waals surface area contributed by atoms with Gasteiger partial charge in [0.15, 0.2) is 11.5 Å². The molecular weight excluding hydrogens is 440 g/mol. The fourth-order valence-corrected chi connectivity index (χ4v) is 4.37. The molecule has 0 atom stereocenters. The Morgan fingerprint density at radius 2 is 1.74 bits per heavy atom. The predicted molar refractivity (Wildman–Crippen MR) is 138 cm³/mol. The van der Waals surface area contributed by atoms with Crippen molar-refractivity contribution in [3.8, 4) is 0 Å². The summed E-state index contributed by atoms with van der Waals surface area (Å²) in [5.74, 6) is 0.399. The molecule has 0 bridgehead atoms. The third-order valence-corrected chi connectivity index (χ3v) is 6.37. The van der Waals surface area contributed by atoms with Crippen LogP contribution in [0, 0.1) is 13.8 Å². The third kappa shape index (κ3) is 4.73. The van der Waals surface area contributed by atoms with Gasteiger partial charge in [-0.25, -0.2) is 14.8 Å². The van der Waals surface area contributed by atoms with Gasteiger partial charge in [0.1, 0.15) is 5.52 Å². The van der Waals surface area contributed by atoms with Crippen molar-refractivity contribution in [2.45, 2.75) is 20.4 Å². The highest BCUT2D eigenvalue weighted by molar-refractivity contribution is 5.90. The number of piperazine rings is 1. The number of fused-ring (bicyclic) bond motifs is 1. The van der Waals surface area contributed by atoms with Gasteiger partial charge in [-0.3, -0.25) is 9.36 Å². The minimum Gasteiger partial charge on any atom is -0.348 e. The molecular formula is C27H28N6O2. The number of amides is 2. The van der Waals surface area contributed by atoms with Crippen LogP contribution in [0.25, 0.3) is 11.2 Å². The molecule has 1 aliphatic rings. The Labute approximate surface area is 203 Å². The maximum Gasteiger partial charge on any atom is 0.321 e. The molecule has 0 spiro atoms. The van der Waals surface area contributed by atoms with Crippen LogP contribution in [0.15, 0.2) is 71.7 Å². The van der Waals surface area contributed by atoms with E-state index in [1.54, 1.807) is 15.7 Å². The van der Waals surface area contributed by atoms with E-state index in [0.29, 0.717) is 49.7 Å². The molecule has 1 fully saturated rings. The molecule has 4 aromatic rings. The molecule has 0 aliphatic carbocycles. The van der Waals surface area contributed by atoms with Crippen molar-refractivity contribution in [3.63, 3.8) is 0 Å². The van der Waals surface area contributed by atoms with Crippen LogP contribution >= 0.6 is 0 Å². The Balaban J connectivity index is 1.36. The monoisotopic (exact) mass is 468 g/mol. The largest absolute Gasteiger partial charge is 0.348 e. The first-order chi connectivity index (χ1) is 17.0. The van der Waals surface area contributed by atoms with E-state index in [9.17, 15) is 9.59 Å². The summed E-state index contributed by atoms with van der Waals surface area (Å²) in [7, 11) is 0. The van der Waals surface area contributed by atoms with E-state index < -0.39 is 0 Å². The maximum absolute atomic E-state index is 13.5. The van der Waals surface area contributed by atoms with Crippen molar-refractivity contribution in [1.29, 1.82) is 0 Å². The summed E-state index contributed by atoms with van der Waals surface area (Å²) >= 11 is 0. The highest BCUT2D eigenvalue weighted by Gasteiger charge is 2.25. The number of hydrogen-bond donors (Lipinski definition) is 1. The molecule has 1 N–H and O–H groups in total. The fourth-order valence-electron chi connectivity index (χ4n) is 4.37. The molecule has 0 radical (unpaired) electrons. The van der Waals surface area contributed by atoms with Gasteiger partial charge in [0.05, 0.1) is 6.54 Å². The average molecular weight is 469 g/mol. The SMILES string of the molecule is Cc1ccc(C)c(NC(=O)N2CCN(c3nc4cccnc4n(Cc4ccccc4)c3=O)CC2)c1.